The number of aliphatic hydroxyl groups excluding tert-OH is 4. The zero-order chi connectivity index (χ0) is 44.1. The highest BCUT2D eigenvalue weighted by atomic mass is 32.3. The lowest BCUT2D eigenvalue weighted by Crippen LogP contribution is -2.61. The zero-order valence-electron chi connectivity index (χ0n) is 38.0. The van der Waals surface area contributed by atoms with Crippen LogP contribution < -0.4 is 5.32 Å². The molecule has 0 aromatic carbocycles. The van der Waals surface area contributed by atoms with Gasteiger partial charge in [0.05, 0.1) is 25.4 Å². The summed E-state index contributed by atoms with van der Waals surface area (Å²) in [5.74, 6) is -0.236. The molecule has 0 aromatic heterocycles. The maximum absolute atomic E-state index is 13.1. The molecule has 0 aromatic rings. The standard InChI is InChI=1S/C47H91NO11S/c1-3-5-7-9-11-13-15-17-19-20-21-23-25-27-29-31-33-35-37-43(51)48-40(39-57-47-45(53)46(59-60(54,55)56)44(52)42(38-49)58-47)41(50)36-34-32-30-28-26-24-22-18-16-14-12-10-8-6-4-2/h21,23,40-42,44-47,49-50,52-53H,3-20,22,24-39H2,1-2H3,(H,48,51)(H,54,55,56)/b23-21-. The number of aliphatic hydroxyl groups is 4. The van der Waals surface area contributed by atoms with E-state index in [9.17, 15) is 38.2 Å². The van der Waals surface area contributed by atoms with Gasteiger partial charge in [-0.15, -0.1) is 0 Å². The summed E-state index contributed by atoms with van der Waals surface area (Å²) < 4.78 is 47.7. The van der Waals surface area contributed by atoms with Gasteiger partial charge in [-0.05, 0) is 38.5 Å². The highest BCUT2D eigenvalue weighted by Gasteiger charge is 2.48. The van der Waals surface area contributed by atoms with Crippen molar-refractivity contribution < 1.29 is 51.8 Å². The second-order valence-corrected chi connectivity index (χ2v) is 18.5. The molecule has 13 heteroatoms. The Bertz CT molecular complexity index is 1130. The number of nitrogens with one attached hydrogen (secondary N) is 1. The molecule has 7 unspecified atom stereocenters. The molecule has 0 saturated carbocycles. The molecule has 12 nitrogen and oxygen atoms in total. The lowest BCUT2D eigenvalue weighted by atomic mass is 9.99. The van der Waals surface area contributed by atoms with Crippen LogP contribution in [0.15, 0.2) is 12.2 Å². The molecule has 1 amide bonds. The van der Waals surface area contributed by atoms with Crippen LogP contribution in [-0.2, 0) is 28.9 Å². The van der Waals surface area contributed by atoms with Crippen LogP contribution in [0.1, 0.15) is 226 Å². The minimum atomic E-state index is -5.08. The fraction of sp³-hybridized carbons (Fsp3) is 0.936. The van der Waals surface area contributed by atoms with E-state index >= 15 is 0 Å². The third-order valence-corrected chi connectivity index (χ3v) is 12.3. The number of ether oxygens (including phenoxy) is 2. The Kier molecular flexibility index (Phi) is 36.3. The van der Waals surface area contributed by atoms with E-state index in [1.165, 1.54) is 128 Å². The molecule has 7 atom stereocenters. The van der Waals surface area contributed by atoms with E-state index in [4.69, 9.17) is 9.47 Å². The lowest BCUT2D eigenvalue weighted by Gasteiger charge is -2.41. The Morgan fingerprint density at radius 2 is 1.07 bits per heavy atom. The molecule has 1 saturated heterocycles. The van der Waals surface area contributed by atoms with Gasteiger partial charge in [0.15, 0.2) is 6.29 Å². The number of allylic oxidation sites excluding steroid dienone is 2. The van der Waals surface area contributed by atoms with Gasteiger partial charge in [-0.3, -0.25) is 9.35 Å². The lowest BCUT2D eigenvalue weighted by molar-refractivity contribution is -0.298. The smallest absolute Gasteiger partial charge is 0.394 e. The van der Waals surface area contributed by atoms with Crippen molar-refractivity contribution in [2.45, 2.75) is 269 Å². The highest BCUT2D eigenvalue weighted by molar-refractivity contribution is 7.80. The van der Waals surface area contributed by atoms with Gasteiger partial charge in [0.2, 0.25) is 5.91 Å². The van der Waals surface area contributed by atoms with Gasteiger partial charge in [0.1, 0.15) is 24.4 Å². The monoisotopic (exact) mass is 878 g/mol. The normalized spacial score (nSPS) is 20.8. The van der Waals surface area contributed by atoms with E-state index in [1.807, 2.05) is 0 Å². The Morgan fingerprint density at radius 3 is 1.50 bits per heavy atom. The van der Waals surface area contributed by atoms with E-state index in [-0.39, 0.29) is 18.9 Å². The number of hydrogen-bond donors (Lipinski definition) is 6. The van der Waals surface area contributed by atoms with Crippen molar-refractivity contribution in [3.8, 4) is 0 Å². The summed E-state index contributed by atoms with van der Waals surface area (Å²) in [6, 6.07) is -0.859. The van der Waals surface area contributed by atoms with Crippen LogP contribution in [0, 0.1) is 0 Å². The van der Waals surface area contributed by atoms with Crippen LogP contribution in [0.4, 0.5) is 0 Å². The SMILES string of the molecule is CCCCCCCCCCC/C=C\CCCCCCCC(=O)NC(COC1OC(CO)C(O)C(OS(=O)(=O)O)C1O)C(O)CCCCCCCCCCCCCCCCC. The maximum Gasteiger partial charge on any atom is 0.397 e. The minimum absolute atomic E-state index is 0.236. The fourth-order valence-corrected chi connectivity index (χ4v) is 8.49. The van der Waals surface area contributed by atoms with Crippen molar-refractivity contribution in [3.63, 3.8) is 0 Å². The van der Waals surface area contributed by atoms with Gasteiger partial charge in [0.25, 0.3) is 0 Å². The molecule has 6 N–H and O–H groups in total. The van der Waals surface area contributed by atoms with E-state index < -0.39 is 59.9 Å². The maximum atomic E-state index is 13.1. The van der Waals surface area contributed by atoms with Crippen molar-refractivity contribution in [2.24, 2.45) is 0 Å². The van der Waals surface area contributed by atoms with E-state index in [0.29, 0.717) is 12.8 Å². The van der Waals surface area contributed by atoms with Crippen LogP contribution in [0.25, 0.3) is 0 Å². The first-order valence-corrected chi connectivity index (χ1v) is 25.9. The second kappa shape index (κ2) is 38.3. The number of amides is 1. The average molecular weight is 878 g/mol. The molecule has 356 valence electrons. The van der Waals surface area contributed by atoms with E-state index in [2.05, 4.69) is 35.5 Å². The number of rotatable bonds is 42. The average Bonchev–Trinajstić information content (AvgIpc) is 3.22. The van der Waals surface area contributed by atoms with Crippen molar-refractivity contribution in [2.75, 3.05) is 13.2 Å². The third kappa shape index (κ3) is 30.8. The Hall–Kier alpha value is -1.16. The van der Waals surface area contributed by atoms with Gasteiger partial charge >= 0.3 is 10.4 Å². The molecule has 1 heterocycles. The zero-order valence-corrected chi connectivity index (χ0v) is 38.9. The molecule has 0 spiro atoms. The summed E-state index contributed by atoms with van der Waals surface area (Å²) in [6.45, 7) is 3.45. The van der Waals surface area contributed by atoms with Crippen LogP contribution in [-0.4, -0.2) is 95.4 Å². The van der Waals surface area contributed by atoms with Gasteiger partial charge < -0.3 is 35.2 Å². The highest BCUT2D eigenvalue weighted by Crippen LogP contribution is 2.26. The quantitative estimate of drug-likeness (QED) is 0.0194. The van der Waals surface area contributed by atoms with Crippen molar-refractivity contribution in [1.29, 1.82) is 0 Å². The third-order valence-electron chi connectivity index (χ3n) is 11.8. The minimum Gasteiger partial charge on any atom is -0.394 e. The molecule has 0 aliphatic carbocycles. The van der Waals surface area contributed by atoms with Crippen LogP contribution in [0.3, 0.4) is 0 Å². The van der Waals surface area contributed by atoms with Gasteiger partial charge in [-0.25, -0.2) is 4.18 Å². The summed E-state index contributed by atoms with van der Waals surface area (Å²) in [5, 5.41) is 44.9. The van der Waals surface area contributed by atoms with Crippen LogP contribution >= 0.6 is 0 Å². The summed E-state index contributed by atoms with van der Waals surface area (Å²) in [5.41, 5.74) is 0. The van der Waals surface area contributed by atoms with Crippen LogP contribution in [0.5, 0.6) is 0 Å². The number of carbonyl (C=O) groups is 1. The molecule has 1 fully saturated rings. The summed E-state index contributed by atoms with van der Waals surface area (Å²) in [6.07, 6.45) is 33.5. The van der Waals surface area contributed by atoms with E-state index in [0.717, 1.165) is 64.2 Å². The van der Waals surface area contributed by atoms with Gasteiger partial charge in [-0.2, -0.15) is 8.42 Å². The Labute approximate surface area is 366 Å². The Balaban J connectivity index is 2.47. The van der Waals surface area contributed by atoms with E-state index in [1.54, 1.807) is 0 Å². The molecular formula is C47H91NO11S. The molecular weight excluding hydrogens is 787 g/mol. The first kappa shape index (κ1) is 56.9. The molecule has 1 aliphatic heterocycles. The molecule has 1 aliphatic rings. The summed E-state index contributed by atoms with van der Waals surface area (Å²) >= 11 is 0. The summed E-state index contributed by atoms with van der Waals surface area (Å²) in [4.78, 5) is 13.1. The predicted molar refractivity (Wildman–Crippen MR) is 241 cm³/mol. The predicted octanol–water partition coefficient (Wildman–Crippen LogP) is 9.95. The molecule has 60 heavy (non-hydrogen) atoms. The number of unbranched alkanes of at least 4 members (excludes halogenated alkanes) is 28. The van der Waals surface area contributed by atoms with Crippen molar-refractivity contribution in [1.82, 2.24) is 5.32 Å². The number of carbonyl (C=O) groups excluding carboxylic acids is 1. The summed E-state index contributed by atoms with van der Waals surface area (Å²) in [7, 11) is -5.08. The van der Waals surface area contributed by atoms with Gasteiger partial charge in [-0.1, -0.05) is 193 Å². The topological polar surface area (TPSA) is 192 Å². The van der Waals surface area contributed by atoms with Crippen LogP contribution in [0.2, 0.25) is 0 Å². The van der Waals surface area contributed by atoms with Gasteiger partial charge in [0, 0.05) is 6.42 Å². The first-order valence-electron chi connectivity index (χ1n) is 24.6. The molecule has 1 rings (SSSR count). The molecule has 0 radical (unpaired) electrons. The largest absolute Gasteiger partial charge is 0.397 e. The molecule has 0 bridgehead atoms. The fourth-order valence-electron chi connectivity index (χ4n) is 7.98. The number of hydrogen-bond acceptors (Lipinski definition) is 10. The Morgan fingerprint density at radius 1 is 0.650 bits per heavy atom. The first-order chi connectivity index (χ1) is 29.0. The van der Waals surface area contributed by atoms with Crippen molar-refractivity contribution >= 4 is 16.3 Å². The van der Waals surface area contributed by atoms with Crippen molar-refractivity contribution in [3.05, 3.63) is 12.2 Å². The second-order valence-electron chi connectivity index (χ2n) is 17.4.